The number of halogens is 1. The zero-order valence-corrected chi connectivity index (χ0v) is 12.6. The van der Waals surface area contributed by atoms with Gasteiger partial charge in [0.2, 0.25) is 0 Å². The number of likely N-dealkylation sites (tertiary alicyclic amines) is 1. The van der Waals surface area contributed by atoms with E-state index in [-0.39, 0.29) is 24.4 Å². The Balaban J connectivity index is 1.80. The molecule has 1 amide bonds. The SMILES string of the molecule is CC(O)CC1CCCN1C(=O)C1=Cc2cc(F)ccc2OC1. The smallest absolute Gasteiger partial charge is 0.253 e. The first-order chi connectivity index (χ1) is 10.5. The number of hydrogen-bond acceptors (Lipinski definition) is 3. The molecule has 2 aliphatic heterocycles. The Bertz CT molecular complexity index is 612. The van der Waals surface area contributed by atoms with Crippen molar-refractivity contribution in [3.8, 4) is 5.75 Å². The molecule has 2 aliphatic rings. The van der Waals surface area contributed by atoms with Gasteiger partial charge in [-0.15, -0.1) is 0 Å². The highest BCUT2D eigenvalue weighted by Gasteiger charge is 2.32. The summed E-state index contributed by atoms with van der Waals surface area (Å²) in [6.07, 6.45) is 3.73. The zero-order valence-electron chi connectivity index (χ0n) is 12.6. The summed E-state index contributed by atoms with van der Waals surface area (Å²) in [6, 6.07) is 4.37. The lowest BCUT2D eigenvalue weighted by molar-refractivity contribution is -0.128. The van der Waals surface area contributed by atoms with Crippen molar-refractivity contribution in [3.05, 3.63) is 35.2 Å². The van der Waals surface area contributed by atoms with E-state index in [1.165, 1.54) is 12.1 Å². The average molecular weight is 305 g/mol. The molecule has 1 fully saturated rings. The Kier molecular flexibility index (Phi) is 4.16. The van der Waals surface area contributed by atoms with Crippen molar-refractivity contribution in [1.82, 2.24) is 4.90 Å². The van der Waals surface area contributed by atoms with Crippen LogP contribution in [0.2, 0.25) is 0 Å². The highest BCUT2D eigenvalue weighted by Crippen LogP contribution is 2.30. The highest BCUT2D eigenvalue weighted by atomic mass is 19.1. The molecule has 2 unspecified atom stereocenters. The summed E-state index contributed by atoms with van der Waals surface area (Å²) in [6.45, 7) is 2.64. The van der Waals surface area contributed by atoms with E-state index in [4.69, 9.17) is 4.74 Å². The van der Waals surface area contributed by atoms with Crippen molar-refractivity contribution in [2.24, 2.45) is 0 Å². The number of amides is 1. The van der Waals surface area contributed by atoms with Crippen LogP contribution in [-0.2, 0) is 4.79 Å². The summed E-state index contributed by atoms with van der Waals surface area (Å²) in [5.74, 6) is 0.179. The van der Waals surface area contributed by atoms with Crippen LogP contribution >= 0.6 is 0 Å². The van der Waals surface area contributed by atoms with Crippen molar-refractivity contribution in [3.63, 3.8) is 0 Å². The predicted molar refractivity (Wildman–Crippen MR) is 80.9 cm³/mol. The van der Waals surface area contributed by atoms with Crippen LogP contribution in [0.5, 0.6) is 5.75 Å². The number of aliphatic hydroxyl groups excluding tert-OH is 1. The molecule has 4 nitrogen and oxygen atoms in total. The lowest BCUT2D eigenvalue weighted by Crippen LogP contribution is -2.39. The van der Waals surface area contributed by atoms with Gasteiger partial charge in [0.15, 0.2) is 0 Å². The van der Waals surface area contributed by atoms with Crippen LogP contribution in [0.25, 0.3) is 6.08 Å². The van der Waals surface area contributed by atoms with Crippen LogP contribution in [0.1, 0.15) is 31.7 Å². The van der Waals surface area contributed by atoms with Gasteiger partial charge in [-0.25, -0.2) is 4.39 Å². The van der Waals surface area contributed by atoms with Crippen molar-refractivity contribution >= 4 is 12.0 Å². The normalized spacial score (nSPS) is 21.9. The van der Waals surface area contributed by atoms with E-state index in [9.17, 15) is 14.3 Å². The number of hydrogen-bond donors (Lipinski definition) is 1. The van der Waals surface area contributed by atoms with Gasteiger partial charge in [-0.3, -0.25) is 4.79 Å². The third-order valence-electron chi connectivity index (χ3n) is 4.21. The molecule has 0 spiro atoms. The Labute approximate surface area is 129 Å². The van der Waals surface area contributed by atoms with E-state index in [2.05, 4.69) is 0 Å². The van der Waals surface area contributed by atoms with Gasteiger partial charge in [-0.1, -0.05) is 0 Å². The van der Waals surface area contributed by atoms with Crippen LogP contribution in [-0.4, -0.2) is 41.2 Å². The van der Waals surface area contributed by atoms with Gasteiger partial charge >= 0.3 is 0 Å². The van der Waals surface area contributed by atoms with Crippen LogP contribution in [0.3, 0.4) is 0 Å². The molecule has 1 N–H and O–H groups in total. The molecular weight excluding hydrogens is 285 g/mol. The van der Waals surface area contributed by atoms with E-state index in [1.807, 2.05) is 4.90 Å². The van der Waals surface area contributed by atoms with Crippen LogP contribution < -0.4 is 4.74 Å². The molecule has 1 saturated heterocycles. The van der Waals surface area contributed by atoms with E-state index < -0.39 is 6.10 Å². The van der Waals surface area contributed by atoms with E-state index in [1.54, 1.807) is 19.1 Å². The van der Waals surface area contributed by atoms with Gasteiger partial charge in [0.25, 0.3) is 5.91 Å². The Hall–Kier alpha value is -1.88. The van der Waals surface area contributed by atoms with Crippen molar-refractivity contribution in [2.45, 2.75) is 38.3 Å². The summed E-state index contributed by atoms with van der Waals surface area (Å²) in [5, 5.41) is 9.56. The fourth-order valence-electron chi connectivity index (χ4n) is 3.20. The summed E-state index contributed by atoms with van der Waals surface area (Å²) in [5.41, 5.74) is 1.14. The minimum Gasteiger partial charge on any atom is -0.488 e. The third kappa shape index (κ3) is 2.99. The van der Waals surface area contributed by atoms with Gasteiger partial charge in [0, 0.05) is 18.2 Å². The first kappa shape index (κ1) is 15.0. The molecule has 1 aromatic rings. The summed E-state index contributed by atoms with van der Waals surface area (Å²) in [4.78, 5) is 14.5. The fraction of sp³-hybridized carbons (Fsp3) is 0.471. The van der Waals surface area contributed by atoms with Crippen molar-refractivity contribution < 1.29 is 19.0 Å². The van der Waals surface area contributed by atoms with Crippen LogP contribution in [0, 0.1) is 5.82 Å². The molecule has 0 bridgehead atoms. The Morgan fingerprint density at radius 2 is 2.36 bits per heavy atom. The average Bonchev–Trinajstić information content (AvgIpc) is 2.93. The minimum absolute atomic E-state index is 0.0712. The molecule has 0 aliphatic carbocycles. The van der Waals surface area contributed by atoms with Crippen molar-refractivity contribution in [1.29, 1.82) is 0 Å². The third-order valence-corrected chi connectivity index (χ3v) is 4.21. The van der Waals surface area contributed by atoms with Gasteiger partial charge in [0.1, 0.15) is 18.2 Å². The second-order valence-electron chi connectivity index (χ2n) is 6.02. The number of rotatable bonds is 3. The predicted octanol–water partition coefficient (Wildman–Crippen LogP) is 2.36. The molecule has 0 aromatic heterocycles. The second-order valence-corrected chi connectivity index (χ2v) is 6.02. The van der Waals surface area contributed by atoms with Crippen LogP contribution in [0.15, 0.2) is 23.8 Å². The van der Waals surface area contributed by atoms with E-state index >= 15 is 0 Å². The number of aliphatic hydroxyl groups is 1. The molecule has 0 saturated carbocycles. The number of carbonyl (C=O) groups is 1. The highest BCUT2D eigenvalue weighted by molar-refractivity contribution is 5.99. The number of carbonyl (C=O) groups excluding carboxylic acids is 1. The molecule has 0 radical (unpaired) electrons. The lowest BCUT2D eigenvalue weighted by Gasteiger charge is -2.28. The molecule has 5 heteroatoms. The van der Waals surface area contributed by atoms with Gasteiger partial charge in [-0.2, -0.15) is 0 Å². The quantitative estimate of drug-likeness (QED) is 0.932. The van der Waals surface area contributed by atoms with E-state index in [0.29, 0.717) is 29.9 Å². The van der Waals surface area contributed by atoms with Gasteiger partial charge in [0.05, 0.1) is 11.7 Å². The van der Waals surface area contributed by atoms with Crippen molar-refractivity contribution in [2.75, 3.05) is 13.2 Å². The topological polar surface area (TPSA) is 49.8 Å². The molecular formula is C17H20FNO3. The van der Waals surface area contributed by atoms with E-state index in [0.717, 1.165) is 12.8 Å². The standard InChI is InChI=1S/C17H20FNO3/c1-11(20)7-15-3-2-6-19(15)17(21)13-8-12-9-14(18)4-5-16(12)22-10-13/h4-5,8-9,11,15,20H,2-3,6-7,10H2,1H3. The molecule has 2 heterocycles. The van der Waals surface area contributed by atoms with Gasteiger partial charge in [-0.05, 0) is 50.5 Å². The number of benzene rings is 1. The first-order valence-corrected chi connectivity index (χ1v) is 7.66. The summed E-state index contributed by atoms with van der Waals surface area (Å²) < 4.78 is 18.9. The Morgan fingerprint density at radius 1 is 1.55 bits per heavy atom. The molecule has 3 rings (SSSR count). The fourth-order valence-corrected chi connectivity index (χ4v) is 3.20. The van der Waals surface area contributed by atoms with Crippen LogP contribution in [0.4, 0.5) is 4.39 Å². The number of nitrogens with zero attached hydrogens (tertiary/aromatic N) is 1. The maximum absolute atomic E-state index is 13.3. The molecule has 22 heavy (non-hydrogen) atoms. The molecule has 2 atom stereocenters. The van der Waals surface area contributed by atoms with Gasteiger partial charge < -0.3 is 14.7 Å². The first-order valence-electron chi connectivity index (χ1n) is 7.66. The Morgan fingerprint density at radius 3 is 3.14 bits per heavy atom. The summed E-state index contributed by atoms with van der Waals surface area (Å²) in [7, 11) is 0. The monoisotopic (exact) mass is 305 g/mol. The number of fused-ring (bicyclic) bond motifs is 1. The maximum atomic E-state index is 13.3. The summed E-state index contributed by atoms with van der Waals surface area (Å²) >= 11 is 0. The zero-order chi connectivity index (χ0) is 15.7. The molecule has 118 valence electrons. The minimum atomic E-state index is -0.426. The second kappa shape index (κ2) is 6.08. The largest absolute Gasteiger partial charge is 0.488 e. The molecule has 1 aromatic carbocycles. The maximum Gasteiger partial charge on any atom is 0.253 e. The lowest BCUT2D eigenvalue weighted by atomic mass is 10.0. The number of ether oxygens (including phenoxy) is 1.